The highest BCUT2D eigenvalue weighted by atomic mass is 35.5. The quantitative estimate of drug-likeness (QED) is 0.551. The van der Waals surface area contributed by atoms with Crippen molar-refractivity contribution in [3.8, 4) is 0 Å². The first-order chi connectivity index (χ1) is 11.9. The number of amides is 1. The molecule has 0 aliphatic carbocycles. The average Bonchev–Trinajstić information content (AvgIpc) is 2.57. The van der Waals surface area contributed by atoms with Crippen LogP contribution in [0.3, 0.4) is 0 Å². The lowest BCUT2D eigenvalue weighted by molar-refractivity contribution is -0.384. The number of aryl methyl sites for hydroxylation is 1. The molecule has 0 radical (unpaired) electrons. The lowest BCUT2D eigenvalue weighted by Crippen LogP contribution is -2.22. The van der Waals surface area contributed by atoms with E-state index in [4.69, 9.17) is 11.6 Å². The number of nitro benzene ring substituents is 1. The topological polar surface area (TPSA) is 105 Å². The summed E-state index contributed by atoms with van der Waals surface area (Å²) in [6.45, 7) is 1.63. The van der Waals surface area contributed by atoms with Crippen LogP contribution in [0.2, 0.25) is 5.02 Å². The molecule has 0 saturated heterocycles. The second-order valence-electron chi connectivity index (χ2n) is 5.43. The molecular weight excluding hydrogens is 346 g/mol. The van der Waals surface area contributed by atoms with Gasteiger partial charge < -0.3 is 10.3 Å². The number of fused-ring (bicyclic) bond motifs is 1. The maximum absolute atomic E-state index is 12.5. The summed E-state index contributed by atoms with van der Waals surface area (Å²) in [5.74, 6) is -0.611. The molecule has 3 rings (SSSR count). The van der Waals surface area contributed by atoms with E-state index in [0.717, 1.165) is 0 Å². The lowest BCUT2D eigenvalue weighted by atomic mass is 10.1. The average molecular weight is 358 g/mol. The van der Waals surface area contributed by atoms with E-state index in [-0.39, 0.29) is 11.3 Å². The van der Waals surface area contributed by atoms with Gasteiger partial charge in [0, 0.05) is 39.9 Å². The molecule has 2 N–H and O–H groups in total. The highest BCUT2D eigenvalue weighted by Crippen LogP contribution is 2.22. The van der Waals surface area contributed by atoms with E-state index in [2.05, 4.69) is 10.3 Å². The van der Waals surface area contributed by atoms with Crippen molar-refractivity contribution in [3.05, 3.63) is 79.1 Å². The van der Waals surface area contributed by atoms with Gasteiger partial charge in [0.05, 0.1) is 4.92 Å². The number of aromatic amines is 1. The monoisotopic (exact) mass is 357 g/mol. The third-order valence-electron chi connectivity index (χ3n) is 3.76. The first kappa shape index (κ1) is 16.7. The fourth-order valence-corrected chi connectivity index (χ4v) is 2.62. The number of hydrogen-bond acceptors (Lipinski definition) is 4. The molecule has 0 aliphatic rings. The van der Waals surface area contributed by atoms with Crippen molar-refractivity contribution in [1.29, 1.82) is 0 Å². The summed E-state index contributed by atoms with van der Waals surface area (Å²) in [4.78, 5) is 38.1. The Bertz CT molecular complexity index is 1080. The first-order valence-corrected chi connectivity index (χ1v) is 7.62. The van der Waals surface area contributed by atoms with Crippen LogP contribution in [0.25, 0.3) is 10.9 Å². The lowest BCUT2D eigenvalue weighted by Gasteiger charge is -2.08. The van der Waals surface area contributed by atoms with Crippen LogP contribution in [0.4, 0.5) is 11.4 Å². The summed E-state index contributed by atoms with van der Waals surface area (Å²) >= 11 is 5.91. The van der Waals surface area contributed by atoms with Crippen molar-refractivity contribution in [2.75, 3.05) is 5.32 Å². The van der Waals surface area contributed by atoms with Gasteiger partial charge in [-0.05, 0) is 36.8 Å². The van der Waals surface area contributed by atoms with E-state index < -0.39 is 16.3 Å². The fourth-order valence-electron chi connectivity index (χ4n) is 2.45. The Hall–Kier alpha value is -3.19. The van der Waals surface area contributed by atoms with Gasteiger partial charge >= 0.3 is 0 Å². The summed E-state index contributed by atoms with van der Waals surface area (Å²) in [6.07, 6.45) is 1.33. The number of pyridine rings is 1. The number of benzene rings is 2. The maximum Gasteiger partial charge on any atom is 0.269 e. The minimum Gasteiger partial charge on any atom is -0.360 e. The van der Waals surface area contributed by atoms with Crippen molar-refractivity contribution >= 4 is 39.8 Å². The number of nitro groups is 1. The van der Waals surface area contributed by atoms with Crippen LogP contribution in [0.15, 0.2) is 47.4 Å². The third-order valence-corrected chi connectivity index (χ3v) is 3.99. The molecule has 0 spiro atoms. The number of nitrogens with zero attached hydrogens (tertiary/aromatic N) is 1. The molecule has 2 aromatic carbocycles. The van der Waals surface area contributed by atoms with Gasteiger partial charge in [-0.15, -0.1) is 0 Å². The Kier molecular flexibility index (Phi) is 4.24. The standard InChI is InChI=1S/C17H12ClN3O4/c1-9-6-11(21(24)25)3-5-14(9)20-17(23)13-8-19-15-4-2-10(18)7-12(15)16(13)22/h2-8H,1H3,(H,19,22)(H,20,23). The number of halogens is 1. The normalized spacial score (nSPS) is 10.6. The van der Waals surface area contributed by atoms with Gasteiger partial charge in [-0.3, -0.25) is 19.7 Å². The molecular formula is C17H12ClN3O4. The predicted molar refractivity (Wildman–Crippen MR) is 95.4 cm³/mol. The summed E-state index contributed by atoms with van der Waals surface area (Å²) < 4.78 is 0. The van der Waals surface area contributed by atoms with Gasteiger partial charge in [-0.2, -0.15) is 0 Å². The van der Waals surface area contributed by atoms with Crippen molar-refractivity contribution in [3.63, 3.8) is 0 Å². The summed E-state index contributed by atoms with van der Waals surface area (Å²) in [5.41, 5.74) is 0.871. The number of aromatic nitrogens is 1. The third kappa shape index (κ3) is 3.22. The Balaban J connectivity index is 1.97. The highest BCUT2D eigenvalue weighted by Gasteiger charge is 2.15. The second kappa shape index (κ2) is 6.37. The summed E-state index contributed by atoms with van der Waals surface area (Å²) in [7, 11) is 0. The predicted octanol–water partition coefficient (Wildman–Crippen LogP) is 3.65. The fraction of sp³-hybridized carbons (Fsp3) is 0.0588. The summed E-state index contributed by atoms with van der Waals surface area (Å²) in [5, 5.41) is 14.1. The molecule has 0 saturated carbocycles. The van der Waals surface area contributed by atoms with Gasteiger partial charge in [0.25, 0.3) is 11.6 Å². The van der Waals surface area contributed by atoms with Gasteiger partial charge in [0.1, 0.15) is 5.56 Å². The van der Waals surface area contributed by atoms with E-state index in [1.807, 2.05) is 0 Å². The molecule has 126 valence electrons. The number of nitrogens with one attached hydrogen (secondary N) is 2. The highest BCUT2D eigenvalue weighted by molar-refractivity contribution is 6.31. The van der Waals surface area contributed by atoms with E-state index in [1.165, 1.54) is 30.5 Å². The van der Waals surface area contributed by atoms with Crippen LogP contribution in [-0.2, 0) is 0 Å². The van der Waals surface area contributed by atoms with E-state index in [9.17, 15) is 19.7 Å². The molecule has 1 heterocycles. The molecule has 0 bridgehead atoms. The molecule has 1 amide bonds. The number of hydrogen-bond donors (Lipinski definition) is 2. The number of anilines is 1. The molecule has 8 heteroatoms. The van der Waals surface area contributed by atoms with Gasteiger partial charge in [0.15, 0.2) is 0 Å². The van der Waals surface area contributed by atoms with E-state index in [1.54, 1.807) is 19.1 Å². The van der Waals surface area contributed by atoms with Crippen LogP contribution in [0.1, 0.15) is 15.9 Å². The molecule has 0 fully saturated rings. The molecule has 0 unspecified atom stereocenters. The van der Waals surface area contributed by atoms with E-state index in [0.29, 0.717) is 27.2 Å². The minimum absolute atomic E-state index is 0.0753. The van der Waals surface area contributed by atoms with Crippen LogP contribution in [0.5, 0.6) is 0 Å². The van der Waals surface area contributed by atoms with Crippen molar-refractivity contribution in [2.45, 2.75) is 6.92 Å². The molecule has 0 aliphatic heterocycles. The zero-order chi connectivity index (χ0) is 18.1. The number of carbonyl (C=O) groups excluding carboxylic acids is 1. The van der Waals surface area contributed by atoms with Gasteiger partial charge in [0.2, 0.25) is 5.43 Å². The van der Waals surface area contributed by atoms with Crippen molar-refractivity contribution < 1.29 is 9.72 Å². The zero-order valence-corrected chi connectivity index (χ0v) is 13.8. The second-order valence-corrected chi connectivity index (χ2v) is 5.87. The minimum atomic E-state index is -0.611. The number of carbonyl (C=O) groups is 1. The Labute approximate surface area is 146 Å². The molecule has 3 aromatic rings. The molecule has 0 atom stereocenters. The molecule has 1 aromatic heterocycles. The SMILES string of the molecule is Cc1cc([N+](=O)[O-])ccc1NC(=O)c1c[nH]c2ccc(Cl)cc2c1=O. The number of non-ortho nitro benzene ring substituents is 1. The van der Waals surface area contributed by atoms with Crippen LogP contribution < -0.4 is 10.7 Å². The van der Waals surface area contributed by atoms with Gasteiger partial charge in [-0.25, -0.2) is 0 Å². The first-order valence-electron chi connectivity index (χ1n) is 7.24. The number of rotatable bonds is 3. The van der Waals surface area contributed by atoms with Crippen molar-refractivity contribution in [2.24, 2.45) is 0 Å². The van der Waals surface area contributed by atoms with E-state index >= 15 is 0 Å². The Morgan fingerprint density at radius 1 is 1.24 bits per heavy atom. The van der Waals surface area contributed by atoms with Crippen LogP contribution >= 0.6 is 11.6 Å². The van der Waals surface area contributed by atoms with Crippen molar-refractivity contribution in [1.82, 2.24) is 4.98 Å². The largest absolute Gasteiger partial charge is 0.360 e. The molecule has 25 heavy (non-hydrogen) atoms. The van der Waals surface area contributed by atoms with Crippen LogP contribution in [-0.4, -0.2) is 15.8 Å². The smallest absolute Gasteiger partial charge is 0.269 e. The molecule has 7 nitrogen and oxygen atoms in total. The van der Waals surface area contributed by atoms with Crippen LogP contribution in [0, 0.1) is 17.0 Å². The summed E-state index contributed by atoms with van der Waals surface area (Å²) in [6, 6.07) is 8.84. The Morgan fingerprint density at radius 2 is 2.00 bits per heavy atom. The zero-order valence-electron chi connectivity index (χ0n) is 13.0. The maximum atomic E-state index is 12.5. The Morgan fingerprint density at radius 3 is 2.68 bits per heavy atom. The number of H-pyrrole nitrogens is 1. The van der Waals surface area contributed by atoms with Gasteiger partial charge in [-0.1, -0.05) is 11.6 Å².